The summed E-state index contributed by atoms with van der Waals surface area (Å²) in [5.41, 5.74) is 6.63. The lowest BCUT2D eigenvalue weighted by Crippen LogP contribution is -2.27. The van der Waals surface area contributed by atoms with Crippen LogP contribution in [-0.2, 0) is 6.42 Å². The van der Waals surface area contributed by atoms with Crippen LogP contribution in [0.4, 0.5) is 0 Å². The first-order chi connectivity index (χ1) is 17.8. The molecular formula is C27H27N9O. The number of rotatable bonds is 7. The van der Waals surface area contributed by atoms with E-state index in [-0.39, 0.29) is 11.9 Å². The van der Waals surface area contributed by atoms with E-state index in [1.54, 1.807) is 29.3 Å². The highest BCUT2D eigenvalue weighted by atomic mass is 16.1. The third-order valence-electron chi connectivity index (χ3n) is 5.85. The van der Waals surface area contributed by atoms with E-state index in [0.29, 0.717) is 23.8 Å². The Bertz CT molecular complexity index is 1540. The molecule has 5 aromatic rings. The van der Waals surface area contributed by atoms with Crippen molar-refractivity contribution < 1.29 is 4.79 Å². The van der Waals surface area contributed by atoms with Crippen LogP contribution in [0.25, 0.3) is 17.2 Å². The SMILES string of the molecule is Cc1cnn(-c2ccc([C@H](C)NC(=O)c3ccc(-c4nc(C)cc(Cc5cc(C)[nH]n5)n4)cn3)cn2)c1. The third-order valence-corrected chi connectivity index (χ3v) is 5.85. The van der Waals surface area contributed by atoms with Gasteiger partial charge in [0.1, 0.15) is 5.69 Å². The van der Waals surface area contributed by atoms with Crippen molar-refractivity contribution in [3.05, 3.63) is 101 Å². The standard InChI is InChI=1S/C27H27N9O/c1-16-12-30-36(15-16)25-8-6-20(13-29-25)19(4)32-27(37)24-7-5-21(14-28-24)26-31-17(2)9-22(33-26)11-23-10-18(3)34-35-23/h5-10,12-15,19H,11H2,1-4H3,(H,32,37)(H,34,35)/t19-/m0/s1. The summed E-state index contributed by atoms with van der Waals surface area (Å²) in [6, 6.07) is 11.0. The van der Waals surface area contributed by atoms with Gasteiger partial charge in [0.05, 0.1) is 23.6 Å². The maximum Gasteiger partial charge on any atom is 0.270 e. The van der Waals surface area contributed by atoms with Gasteiger partial charge >= 0.3 is 0 Å². The van der Waals surface area contributed by atoms with Crippen molar-refractivity contribution in [2.75, 3.05) is 0 Å². The van der Waals surface area contributed by atoms with Gasteiger partial charge in [0.25, 0.3) is 5.91 Å². The summed E-state index contributed by atoms with van der Waals surface area (Å²) in [7, 11) is 0. The molecule has 5 aromatic heterocycles. The van der Waals surface area contributed by atoms with E-state index in [4.69, 9.17) is 0 Å². The van der Waals surface area contributed by atoms with Gasteiger partial charge in [-0.1, -0.05) is 6.07 Å². The monoisotopic (exact) mass is 493 g/mol. The van der Waals surface area contributed by atoms with Crippen LogP contribution in [0.1, 0.15) is 57.4 Å². The molecule has 0 saturated carbocycles. The van der Waals surface area contributed by atoms with Gasteiger partial charge in [-0.2, -0.15) is 10.2 Å². The number of carbonyl (C=O) groups excluding carboxylic acids is 1. The second-order valence-electron chi connectivity index (χ2n) is 9.08. The summed E-state index contributed by atoms with van der Waals surface area (Å²) in [5, 5.41) is 14.5. The van der Waals surface area contributed by atoms with E-state index in [1.165, 1.54) is 0 Å². The lowest BCUT2D eigenvalue weighted by molar-refractivity contribution is 0.0935. The van der Waals surface area contributed by atoms with Crippen LogP contribution in [0.3, 0.4) is 0 Å². The minimum absolute atomic E-state index is 0.247. The Morgan fingerprint density at radius 2 is 1.86 bits per heavy atom. The number of aromatic nitrogens is 8. The predicted molar refractivity (Wildman–Crippen MR) is 138 cm³/mol. The van der Waals surface area contributed by atoms with Crippen LogP contribution < -0.4 is 5.32 Å². The summed E-state index contributed by atoms with van der Waals surface area (Å²) in [5.74, 6) is 1.01. The minimum Gasteiger partial charge on any atom is -0.344 e. The molecule has 0 saturated heterocycles. The van der Waals surface area contributed by atoms with Gasteiger partial charge in [-0.25, -0.2) is 19.6 Å². The molecule has 37 heavy (non-hydrogen) atoms. The number of amides is 1. The Labute approximate surface area is 214 Å². The summed E-state index contributed by atoms with van der Waals surface area (Å²) in [6.07, 6.45) is 7.65. The van der Waals surface area contributed by atoms with E-state index >= 15 is 0 Å². The van der Waals surface area contributed by atoms with Gasteiger partial charge in [-0.05, 0) is 69.2 Å². The first kappa shape index (κ1) is 24.0. The number of carbonyl (C=O) groups is 1. The first-order valence-electron chi connectivity index (χ1n) is 11.9. The lowest BCUT2D eigenvalue weighted by Gasteiger charge is -2.14. The molecule has 0 spiro atoms. The quantitative estimate of drug-likeness (QED) is 0.352. The average molecular weight is 494 g/mol. The van der Waals surface area contributed by atoms with Crippen LogP contribution in [0.5, 0.6) is 0 Å². The summed E-state index contributed by atoms with van der Waals surface area (Å²) in [4.78, 5) is 30.9. The number of pyridine rings is 2. The molecule has 0 unspecified atom stereocenters. The highest BCUT2D eigenvalue weighted by molar-refractivity contribution is 5.92. The van der Waals surface area contributed by atoms with Crippen LogP contribution in [0.2, 0.25) is 0 Å². The number of hydrogen-bond donors (Lipinski definition) is 2. The van der Waals surface area contributed by atoms with Gasteiger partial charge in [0.15, 0.2) is 11.6 Å². The molecule has 10 heteroatoms. The molecule has 0 aromatic carbocycles. The van der Waals surface area contributed by atoms with Gasteiger partial charge in [-0.3, -0.25) is 14.9 Å². The van der Waals surface area contributed by atoms with E-state index in [1.807, 2.05) is 64.2 Å². The largest absolute Gasteiger partial charge is 0.344 e. The van der Waals surface area contributed by atoms with Crippen LogP contribution in [0.15, 0.2) is 61.2 Å². The van der Waals surface area contributed by atoms with E-state index < -0.39 is 0 Å². The van der Waals surface area contributed by atoms with Gasteiger partial charge < -0.3 is 5.32 Å². The normalized spacial score (nSPS) is 11.9. The van der Waals surface area contributed by atoms with Crippen molar-refractivity contribution in [1.29, 1.82) is 0 Å². The highest BCUT2D eigenvalue weighted by Gasteiger charge is 2.15. The predicted octanol–water partition coefficient (Wildman–Crippen LogP) is 3.85. The molecule has 186 valence electrons. The van der Waals surface area contributed by atoms with Gasteiger partial charge in [-0.15, -0.1) is 0 Å². The summed E-state index contributed by atoms with van der Waals surface area (Å²) in [6.45, 7) is 7.78. The zero-order valence-corrected chi connectivity index (χ0v) is 21.1. The molecule has 5 heterocycles. The van der Waals surface area contributed by atoms with Crippen molar-refractivity contribution >= 4 is 5.91 Å². The Morgan fingerprint density at radius 3 is 2.51 bits per heavy atom. The van der Waals surface area contributed by atoms with Crippen LogP contribution >= 0.6 is 0 Å². The Morgan fingerprint density at radius 1 is 1.00 bits per heavy atom. The van der Waals surface area contributed by atoms with E-state index in [9.17, 15) is 4.79 Å². The number of nitrogens with one attached hydrogen (secondary N) is 2. The fourth-order valence-electron chi connectivity index (χ4n) is 3.95. The molecule has 0 radical (unpaired) electrons. The highest BCUT2D eigenvalue weighted by Crippen LogP contribution is 2.18. The zero-order chi connectivity index (χ0) is 25.9. The number of nitrogens with zero attached hydrogens (tertiary/aromatic N) is 7. The maximum absolute atomic E-state index is 12.8. The molecule has 2 N–H and O–H groups in total. The first-order valence-corrected chi connectivity index (χ1v) is 11.9. The minimum atomic E-state index is -0.273. The number of hydrogen-bond acceptors (Lipinski definition) is 7. The summed E-state index contributed by atoms with van der Waals surface area (Å²) < 4.78 is 1.72. The zero-order valence-electron chi connectivity index (χ0n) is 21.1. The van der Waals surface area contributed by atoms with E-state index in [2.05, 4.69) is 40.5 Å². The molecule has 0 aliphatic heterocycles. The van der Waals surface area contributed by atoms with Gasteiger partial charge in [0.2, 0.25) is 0 Å². The Balaban J connectivity index is 1.25. The lowest BCUT2D eigenvalue weighted by atomic mass is 10.1. The molecular weight excluding hydrogens is 466 g/mol. The van der Waals surface area contributed by atoms with Crippen molar-refractivity contribution in [3.8, 4) is 17.2 Å². The number of aromatic amines is 1. The molecule has 0 aliphatic carbocycles. The van der Waals surface area contributed by atoms with E-state index in [0.717, 1.165) is 39.5 Å². The fourth-order valence-corrected chi connectivity index (χ4v) is 3.95. The average Bonchev–Trinajstić information content (AvgIpc) is 3.51. The van der Waals surface area contributed by atoms with Crippen molar-refractivity contribution in [2.24, 2.45) is 0 Å². The molecule has 0 aliphatic rings. The van der Waals surface area contributed by atoms with Crippen molar-refractivity contribution in [3.63, 3.8) is 0 Å². The van der Waals surface area contributed by atoms with Crippen LogP contribution in [0, 0.1) is 20.8 Å². The Hall–Kier alpha value is -4.73. The molecule has 1 amide bonds. The molecule has 1 atom stereocenters. The van der Waals surface area contributed by atoms with Crippen molar-refractivity contribution in [1.82, 2.24) is 45.2 Å². The van der Waals surface area contributed by atoms with Gasteiger partial charge in [0, 0.05) is 42.0 Å². The summed E-state index contributed by atoms with van der Waals surface area (Å²) >= 11 is 0. The second kappa shape index (κ2) is 10.1. The molecule has 0 bridgehead atoms. The third kappa shape index (κ3) is 5.58. The molecule has 0 fully saturated rings. The topological polar surface area (TPSA) is 127 Å². The Kier molecular flexibility index (Phi) is 6.55. The fraction of sp³-hybridized carbons (Fsp3) is 0.222. The number of H-pyrrole nitrogens is 1. The van der Waals surface area contributed by atoms with Crippen molar-refractivity contribution in [2.45, 2.75) is 40.2 Å². The smallest absolute Gasteiger partial charge is 0.270 e. The van der Waals surface area contributed by atoms with Crippen LogP contribution in [-0.4, -0.2) is 45.8 Å². The molecule has 10 nitrogen and oxygen atoms in total. The second-order valence-corrected chi connectivity index (χ2v) is 9.08. The number of aryl methyl sites for hydroxylation is 3. The molecule has 5 rings (SSSR count). The maximum atomic E-state index is 12.8.